The molecule has 0 amide bonds. The van der Waals surface area contributed by atoms with Crippen molar-refractivity contribution in [2.24, 2.45) is 5.73 Å². The van der Waals surface area contributed by atoms with E-state index in [1.54, 1.807) is 0 Å². The van der Waals surface area contributed by atoms with E-state index in [-0.39, 0.29) is 11.6 Å². The van der Waals surface area contributed by atoms with Gasteiger partial charge in [0, 0.05) is 6.04 Å². The van der Waals surface area contributed by atoms with Crippen LogP contribution in [-0.4, -0.2) is 11.0 Å². The maximum absolute atomic E-state index is 12.7. The Morgan fingerprint density at radius 3 is 2.76 bits per heavy atom. The van der Waals surface area contributed by atoms with E-state index >= 15 is 0 Å². The van der Waals surface area contributed by atoms with Gasteiger partial charge in [0.1, 0.15) is 5.52 Å². The Bertz CT molecular complexity index is 664. The molecule has 114 valence electrons. The van der Waals surface area contributed by atoms with Crippen LogP contribution in [0.4, 0.5) is 13.2 Å². The van der Waals surface area contributed by atoms with Crippen molar-refractivity contribution in [1.29, 1.82) is 0 Å². The third kappa shape index (κ3) is 2.41. The van der Waals surface area contributed by atoms with Gasteiger partial charge in [0.15, 0.2) is 5.58 Å². The summed E-state index contributed by atoms with van der Waals surface area (Å²) < 4.78 is 43.9. The number of benzene rings is 1. The molecular formula is C15H17F3N2O. The molecule has 6 heteroatoms. The lowest BCUT2D eigenvalue weighted by molar-refractivity contribution is -0.137. The van der Waals surface area contributed by atoms with Gasteiger partial charge >= 0.3 is 6.18 Å². The molecule has 0 bridgehead atoms. The molecule has 0 aliphatic heterocycles. The molecule has 2 aromatic rings. The fraction of sp³-hybridized carbons (Fsp3) is 0.533. The summed E-state index contributed by atoms with van der Waals surface area (Å²) in [4.78, 5) is 4.29. The van der Waals surface area contributed by atoms with Crippen molar-refractivity contribution in [3.63, 3.8) is 0 Å². The zero-order valence-electron chi connectivity index (χ0n) is 11.7. The standard InChI is InChI=1S/C15H17F3N2O/c1-14(7-3-2-4-12(14)19)13-20-10-8-9(15(16,17)18)5-6-11(10)21-13/h5-6,8,12H,2-4,7,19H2,1H3. The minimum Gasteiger partial charge on any atom is -0.440 e. The number of nitrogens with zero attached hydrogens (tertiary/aromatic N) is 1. The summed E-state index contributed by atoms with van der Waals surface area (Å²) in [5.41, 5.74) is 5.67. The lowest BCUT2D eigenvalue weighted by atomic mass is 9.72. The highest BCUT2D eigenvalue weighted by atomic mass is 19.4. The first-order valence-electron chi connectivity index (χ1n) is 7.04. The summed E-state index contributed by atoms with van der Waals surface area (Å²) in [6, 6.07) is 3.29. The van der Waals surface area contributed by atoms with E-state index in [0.717, 1.165) is 37.8 Å². The van der Waals surface area contributed by atoms with Crippen molar-refractivity contribution in [1.82, 2.24) is 4.98 Å². The van der Waals surface area contributed by atoms with Crippen molar-refractivity contribution in [3.05, 3.63) is 29.7 Å². The maximum Gasteiger partial charge on any atom is 0.416 e. The largest absolute Gasteiger partial charge is 0.440 e. The first kappa shape index (κ1) is 14.4. The average Bonchev–Trinajstić information content (AvgIpc) is 2.84. The second-order valence-electron chi connectivity index (χ2n) is 5.97. The van der Waals surface area contributed by atoms with Crippen molar-refractivity contribution in [3.8, 4) is 0 Å². The van der Waals surface area contributed by atoms with E-state index in [1.165, 1.54) is 6.07 Å². The lowest BCUT2D eigenvalue weighted by Crippen LogP contribution is -2.45. The van der Waals surface area contributed by atoms with Crippen LogP contribution in [0.15, 0.2) is 22.6 Å². The number of oxazole rings is 1. The Hall–Kier alpha value is -1.56. The number of hydrogen-bond acceptors (Lipinski definition) is 3. The van der Waals surface area contributed by atoms with Gasteiger partial charge in [0.2, 0.25) is 5.89 Å². The summed E-state index contributed by atoms with van der Waals surface area (Å²) in [5, 5.41) is 0. The van der Waals surface area contributed by atoms with Crippen LogP contribution in [0.3, 0.4) is 0 Å². The van der Waals surface area contributed by atoms with Gasteiger partial charge in [-0.15, -0.1) is 0 Å². The van der Waals surface area contributed by atoms with E-state index in [9.17, 15) is 13.2 Å². The van der Waals surface area contributed by atoms with Crippen LogP contribution in [0, 0.1) is 0 Å². The molecule has 0 radical (unpaired) electrons. The fourth-order valence-corrected chi connectivity index (χ4v) is 2.97. The van der Waals surface area contributed by atoms with Crippen molar-refractivity contribution >= 4 is 11.1 Å². The van der Waals surface area contributed by atoms with Crippen LogP contribution in [0.5, 0.6) is 0 Å². The first-order valence-corrected chi connectivity index (χ1v) is 7.04. The molecule has 1 aromatic heterocycles. The molecule has 1 heterocycles. The summed E-state index contributed by atoms with van der Waals surface area (Å²) in [7, 11) is 0. The SMILES string of the molecule is CC1(c2nc3cc(C(F)(F)F)ccc3o2)CCCCC1N. The van der Waals surface area contributed by atoms with Gasteiger partial charge in [0.05, 0.1) is 11.0 Å². The Morgan fingerprint density at radius 2 is 2.10 bits per heavy atom. The van der Waals surface area contributed by atoms with Gasteiger partial charge < -0.3 is 10.2 Å². The van der Waals surface area contributed by atoms with Crippen molar-refractivity contribution < 1.29 is 17.6 Å². The molecular weight excluding hydrogens is 281 g/mol. The Morgan fingerprint density at radius 1 is 1.33 bits per heavy atom. The highest BCUT2D eigenvalue weighted by Crippen LogP contribution is 2.39. The number of hydrogen-bond donors (Lipinski definition) is 1. The third-order valence-corrected chi connectivity index (χ3v) is 4.48. The maximum atomic E-state index is 12.7. The molecule has 0 saturated heterocycles. The van der Waals surface area contributed by atoms with Gasteiger partial charge in [-0.05, 0) is 38.0 Å². The molecule has 2 unspecified atom stereocenters. The summed E-state index contributed by atoms with van der Waals surface area (Å²) >= 11 is 0. The molecule has 1 aliphatic rings. The smallest absolute Gasteiger partial charge is 0.416 e. The summed E-state index contributed by atoms with van der Waals surface area (Å²) in [5.74, 6) is 0.448. The van der Waals surface area contributed by atoms with Crippen LogP contribution < -0.4 is 5.73 Å². The molecule has 1 aromatic carbocycles. The van der Waals surface area contributed by atoms with Gasteiger partial charge in [-0.2, -0.15) is 13.2 Å². The molecule has 3 rings (SSSR count). The number of aromatic nitrogens is 1. The van der Waals surface area contributed by atoms with Gasteiger partial charge in [0.25, 0.3) is 0 Å². The van der Waals surface area contributed by atoms with Crippen molar-refractivity contribution in [2.45, 2.75) is 50.2 Å². The van der Waals surface area contributed by atoms with Crippen LogP contribution in [0.1, 0.15) is 44.1 Å². The Balaban J connectivity index is 2.05. The van der Waals surface area contributed by atoms with Gasteiger partial charge in [-0.25, -0.2) is 4.98 Å². The van der Waals surface area contributed by atoms with Crippen LogP contribution in [0.25, 0.3) is 11.1 Å². The van der Waals surface area contributed by atoms with Crippen molar-refractivity contribution in [2.75, 3.05) is 0 Å². The normalized spacial score (nSPS) is 27.2. The third-order valence-electron chi connectivity index (χ3n) is 4.48. The van der Waals surface area contributed by atoms with Crippen LogP contribution in [0.2, 0.25) is 0 Å². The van der Waals surface area contributed by atoms with E-state index in [4.69, 9.17) is 10.2 Å². The molecule has 1 saturated carbocycles. The quantitative estimate of drug-likeness (QED) is 0.865. The second-order valence-corrected chi connectivity index (χ2v) is 5.97. The molecule has 21 heavy (non-hydrogen) atoms. The number of halogens is 3. The zero-order valence-corrected chi connectivity index (χ0v) is 11.7. The molecule has 3 nitrogen and oxygen atoms in total. The minimum absolute atomic E-state index is 0.0820. The molecule has 1 fully saturated rings. The second kappa shape index (κ2) is 4.73. The average molecular weight is 298 g/mol. The highest BCUT2D eigenvalue weighted by molar-refractivity contribution is 5.73. The summed E-state index contributed by atoms with van der Waals surface area (Å²) in [6.07, 6.45) is -0.569. The first-order chi connectivity index (χ1) is 9.80. The lowest BCUT2D eigenvalue weighted by Gasteiger charge is -2.36. The predicted molar refractivity (Wildman–Crippen MR) is 72.8 cm³/mol. The molecule has 0 spiro atoms. The van der Waals surface area contributed by atoms with E-state index in [2.05, 4.69) is 4.98 Å². The highest BCUT2D eigenvalue weighted by Gasteiger charge is 2.40. The number of fused-ring (bicyclic) bond motifs is 1. The molecule has 2 atom stereocenters. The fourth-order valence-electron chi connectivity index (χ4n) is 2.97. The van der Waals surface area contributed by atoms with Crippen LogP contribution >= 0.6 is 0 Å². The monoisotopic (exact) mass is 298 g/mol. The number of alkyl halides is 3. The topological polar surface area (TPSA) is 52.0 Å². The van der Waals surface area contributed by atoms with E-state index in [1.807, 2.05) is 6.92 Å². The Kier molecular flexibility index (Phi) is 3.24. The zero-order chi connectivity index (χ0) is 15.3. The molecule has 1 aliphatic carbocycles. The summed E-state index contributed by atoms with van der Waals surface area (Å²) in [6.45, 7) is 1.98. The van der Waals surface area contributed by atoms with Gasteiger partial charge in [-0.3, -0.25) is 0 Å². The number of rotatable bonds is 1. The van der Waals surface area contributed by atoms with Gasteiger partial charge in [-0.1, -0.05) is 12.8 Å². The number of nitrogens with two attached hydrogens (primary N) is 1. The predicted octanol–water partition coefficient (Wildman–Crippen LogP) is 4.01. The van der Waals surface area contributed by atoms with Crippen LogP contribution in [-0.2, 0) is 11.6 Å². The molecule has 2 N–H and O–H groups in total. The minimum atomic E-state index is -4.38. The van der Waals surface area contributed by atoms with E-state index in [0.29, 0.717) is 11.5 Å². The van der Waals surface area contributed by atoms with E-state index < -0.39 is 17.2 Å². The Labute approximate surface area is 120 Å².